The zero-order valence-corrected chi connectivity index (χ0v) is 13.1. The van der Waals surface area contributed by atoms with Crippen LogP contribution >= 0.6 is 15.9 Å². The molecule has 1 aliphatic rings. The fraction of sp³-hybridized carbons (Fsp3) is 0.533. The minimum atomic E-state index is -0.887. The van der Waals surface area contributed by atoms with Gasteiger partial charge in [0, 0.05) is 6.54 Å². The van der Waals surface area contributed by atoms with Crippen molar-refractivity contribution in [1.29, 1.82) is 0 Å². The van der Waals surface area contributed by atoms with Crippen molar-refractivity contribution in [1.82, 2.24) is 0 Å². The molecule has 1 fully saturated rings. The molecule has 1 unspecified atom stereocenters. The highest BCUT2D eigenvalue weighted by molar-refractivity contribution is 9.10. The third kappa shape index (κ3) is 2.99. The Kier molecular flexibility index (Phi) is 5.05. The van der Waals surface area contributed by atoms with Crippen LogP contribution in [-0.2, 0) is 4.79 Å². The highest BCUT2D eigenvalue weighted by Crippen LogP contribution is 2.43. The smallest absolute Gasteiger partial charge is 0.312 e. The van der Waals surface area contributed by atoms with Gasteiger partial charge in [-0.25, -0.2) is 0 Å². The summed E-state index contributed by atoms with van der Waals surface area (Å²) in [4.78, 5) is 11.3. The predicted octanol–water partition coefficient (Wildman–Crippen LogP) is 3.24. The van der Waals surface area contributed by atoms with Crippen LogP contribution in [0.3, 0.4) is 0 Å². The van der Waals surface area contributed by atoms with Gasteiger partial charge in [-0.1, -0.05) is 18.9 Å². The van der Waals surface area contributed by atoms with Crippen molar-refractivity contribution in [2.75, 3.05) is 13.7 Å². The molecule has 0 bridgehead atoms. The largest absolute Gasteiger partial charge is 0.495 e. The van der Waals surface area contributed by atoms with Gasteiger partial charge >= 0.3 is 5.97 Å². The molecule has 1 atom stereocenters. The number of hydrogen-bond donors (Lipinski definition) is 2. The second-order valence-corrected chi connectivity index (χ2v) is 6.09. The lowest BCUT2D eigenvalue weighted by molar-refractivity contribution is -0.138. The van der Waals surface area contributed by atoms with Crippen molar-refractivity contribution in [2.24, 2.45) is 5.73 Å². The van der Waals surface area contributed by atoms with E-state index in [1.807, 2.05) is 12.1 Å². The summed E-state index contributed by atoms with van der Waals surface area (Å²) in [6.45, 7) is 0.0954. The molecule has 1 aliphatic carbocycles. The summed E-state index contributed by atoms with van der Waals surface area (Å²) in [5.74, 6) is -0.283. The summed E-state index contributed by atoms with van der Waals surface area (Å²) in [5.41, 5.74) is 7.45. The van der Waals surface area contributed by atoms with E-state index in [1.165, 1.54) is 12.8 Å². The summed E-state index contributed by atoms with van der Waals surface area (Å²) >= 11 is 3.49. The Bertz CT molecular complexity index is 498. The van der Waals surface area contributed by atoms with Crippen LogP contribution in [-0.4, -0.2) is 24.7 Å². The number of carboxylic acid groups (broad SMARTS) is 1. The van der Waals surface area contributed by atoms with Gasteiger partial charge in [-0.15, -0.1) is 0 Å². The fourth-order valence-corrected chi connectivity index (χ4v) is 3.63. The number of carboxylic acids is 1. The molecule has 4 nitrogen and oxygen atoms in total. The van der Waals surface area contributed by atoms with E-state index in [0.29, 0.717) is 5.92 Å². The van der Waals surface area contributed by atoms with E-state index in [1.54, 1.807) is 7.11 Å². The predicted molar refractivity (Wildman–Crippen MR) is 81.3 cm³/mol. The summed E-state index contributed by atoms with van der Waals surface area (Å²) in [7, 11) is 1.65. The van der Waals surface area contributed by atoms with E-state index >= 15 is 0 Å². The average Bonchev–Trinajstić information content (AvgIpc) is 2.92. The van der Waals surface area contributed by atoms with Crippen molar-refractivity contribution < 1.29 is 14.6 Å². The second-order valence-electron chi connectivity index (χ2n) is 5.23. The molecule has 20 heavy (non-hydrogen) atoms. The van der Waals surface area contributed by atoms with Crippen molar-refractivity contribution in [3.63, 3.8) is 0 Å². The average molecular weight is 342 g/mol. The van der Waals surface area contributed by atoms with Gasteiger partial charge in [0.15, 0.2) is 0 Å². The van der Waals surface area contributed by atoms with E-state index in [9.17, 15) is 9.90 Å². The molecule has 0 spiro atoms. The van der Waals surface area contributed by atoms with Gasteiger partial charge in [0.2, 0.25) is 0 Å². The molecule has 0 aromatic heterocycles. The molecule has 3 N–H and O–H groups in total. The van der Waals surface area contributed by atoms with Crippen LogP contribution in [0.2, 0.25) is 0 Å². The van der Waals surface area contributed by atoms with E-state index in [0.717, 1.165) is 34.2 Å². The fourth-order valence-electron chi connectivity index (χ4n) is 2.97. The first kappa shape index (κ1) is 15.3. The SMILES string of the molecule is COc1c(Br)cc(C(CN)C(=O)O)cc1C1CCCC1. The van der Waals surface area contributed by atoms with E-state index < -0.39 is 11.9 Å². The summed E-state index contributed by atoms with van der Waals surface area (Å²) < 4.78 is 6.30. The zero-order valence-electron chi connectivity index (χ0n) is 11.6. The van der Waals surface area contributed by atoms with Gasteiger partial charge in [0.1, 0.15) is 5.75 Å². The number of hydrogen-bond acceptors (Lipinski definition) is 3. The molecule has 0 saturated heterocycles. The van der Waals surface area contributed by atoms with Crippen LogP contribution < -0.4 is 10.5 Å². The monoisotopic (exact) mass is 341 g/mol. The van der Waals surface area contributed by atoms with E-state index in [-0.39, 0.29) is 6.54 Å². The third-order valence-corrected chi connectivity index (χ3v) is 4.62. The lowest BCUT2D eigenvalue weighted by Crippen LogP contribution is -2.21. The van der Waals surface area contributed by atoms with Crippen LogP contribution in [0.5, 0.6) is 5.75 Å². The first-order valence-corrected chi connectivity index (χ1v) is 7.68. The highest BCUT2D eigenvalue weighted by Gasteiger charge is 2.26. The summed E-state index contributed by atoms with van der Waals surface area (Å²) in [5, 5.41) is 9.27. The number of rotatable bonds is 5. The van der Waals surface area contributed by atoms with Gasteiger partial charge in [0.25, 0.3) is 0 Å². The molecule has 2 rings (SSSR count). The maximum Gasteiger partial charge on any atom is 0.312 e. The first-order chi connectivity index (χ1) is 9.58. The van der Waals surface area contributed by atoms with Crippen LogP contribution in [0, 0.1) is 0 Å². The maximum atomic E-state index is 11.3. The number of nitrogens with two attached hydrogens (primary N) is 1. The van der Waals surface area contributed by atoms with Crippen LogP contribution in [0.4, 0.5) is 0 Å². The Labute approximate surface area is 127 Å². The van der Waals surface area contributed by atoms with E-state index in [4.69, 9.17) is 10.5 Å². The number of ether oxygens (including phenoxy) is 1. The highest BCUT2D eigenvalue weighted by atomic mass is 79.9. The standard InChI is InChI=1S/C15H20BrNO3/c1-20-14-11(9-4-2-3-5-9)6-10(7-13(14)16)12(8-17)15(18)19/h6-7,9,12H,2-5,8,17H2,1H3,(H,18,19). The first-order valence-electron chi connectivity index (χ1n) is 6.88. The second kappa shape index (κ2) is 6.59. The molecule has 1 saturated carbocycles. The normalized spacial score (nSPS) is 17.1. The van der Waals surface area contributed by atoms with Gasteiger partial charge in [0.05, 0.1) is 17.5 Å². The topological polar surface area (TPSA) is 72.5 Å². The van der Waals surface area contributed by atoms with Crippen molar-refractivity contribution in [2.45, 2.75) is 37.5 Å². The Hall–Kier alpha value is -1.07. The van der Waals surface area contributed by atoms with Crippen molar-refractivity contribution >= 4 is 21.9 Å². The van der Waals surface area contributed by atoms with Crippen molar-refractivity contribution in [3.8, 4) is 5.75 Å². The Morgan fingerprint density at radius 2 is 2.15 bits per heavy atom. The summed E-state index contributed by atoms with van der Waals surface area (Å²) in [6, 6.07) is 3.77. The minimum absolute atomic E-state index is 0.0954. The molecule has 0 heterocycles. The number of carbonyl (C=O) groups is 1. The molecular weight excluding hydrogens is 322 g/mol. The van der Waals surface area contributed by atoms with E-state index in [2.05, 4.69) is 15.9 Å². The number of halogens is 1. The number of aliphatic carboxylic acids is 1. The van der Waals surface area contributed by atoms with Gasteiger partial charge in [-0.05, 0) is 51.9 Å². The number of benzene rings is 1. The van der Waals surface area contributed by atoms with Crippen LogP contribution in [0.1, 0.15) is 48.6 Å². The minimum Gasteiger partial charge on any atom is -0.495 e. The lowest BCUT2D eigenvalue weighted by Gasteiger charge is -2.19. The molecule has 0 radical (unpaired) electrons. The molecule has 0 aliphatic heterocycles. The van der Waals surface area contributed by atoms with Crippen LogP contribution in [0.25, 0.3) is 0 Å². The van der Waals surface area contributed by atoms with Gasteiger partial charge < -0.3 is 15.6 Å². The molecule has 110 valence electrons. The molecular formula is C15H20BrNO3. The Morgan fingerprint density at radius 1 is 1.50 bits per heavy atom. The maximum absolute atomic E-state index is 11.3. The zero-order chi connectivity index (χ0) is 14.7. The van der Waals surface area contributed by atoms with Crippen molar-refractivity contribution in [3.05, 3.63) is 27.7 Å². The third-order valence-electron chi connectivity index (χ3n) is 4.03. The molecule has 0 amide bonds. The lowest BCUT2D eigenvalue weighted by atomic mass is 9.90. The van der Waals surface area contributed by atoms with Gasteiger partial charge in [-0.3, -0.25) is 4.79 Å². The molecule has 1 aromatic rings. The molecule has 1 aromatic carbocycles. The Morgan fingerprint density at radius 3 is 2.65 bits per heavy atom. The van der Waals surface area contributed by atoms with Gasteiger partial charge in [-0.2, -0.15) is 0 Å². The van der Waals surface area contributed by atoms with Crippen LogP contribution in [0.15, 0.2) is 16.6 Å². The molecule has 5 heteroatoms. The number of methoxy groups -OCH3 is 1. The summed E-state index contributed by atoms with van der Waals surface area (Å²) in [6.07, 6.45) is 4.70. The quantitative estimate of drug-likeness (QED) is 0.862. The Balaban J connectivity index is 2.47.